The molecule has 0 saturated carbocycles. The van der Waals surface area contributed by atoms with Crippen molar-refractivity contribution in [3.8, 4) is 10.4 Å². The fraction of sp³-hybridized carbons (Fsp3) is 0.474. The Bertz CT molecular complexity index is 576. The lowest BCUT2D eigenvalue weighted by molar-refractivity contribution is 0.0821. The molecular formula is C19H26N2OS. The van der Waals surface area contributed by atoms with Crippen LogP contribution in [-0.2, 0) is 6.54 Å². The molecule has 3 nitrogen and oxygen atoms in total. The monoisotopic (exact) mass is 330 g/mol. The number of hydrogen-bond donors (Lipinski definition) is 2. The summed E-state index contributed by atoms with van der Waals surface area (Å²) in [4.78, 5) is 5.20. The molecule has 2 aromatic rings. The molecule has 1 aliphatic rings. The molecule has 1 fully saturated rings. The summed E-state index contributed by atoms with van der Waals surface area (Å²) in [5.41, 5.74) is 1.30. The summed E-state index contributed by atoms with van der Waals surface area (Å²) in [5, 5.41) is 13.1. The van der Waals surface area contributed by atoms with Crippen LogP contribution >= 0.6 is 11.3 Å². The van der Waals surface area contributed by atoms with Gasteiger partial charge in [0.2, 0.25) is 0 Å². The van der Waals surface area contributed by atoms with Gasteiger partial charge in [0.05, 0.1) is 6.10 Å². The van der Waals surface area contributed by atoms with Crippen molar-refractivity contribution >= 4 is 11.3 Å². The Labute approximate surface area is 143 Å². The zero-order valence-corrected chi connectivity index (χ0v) is 14.4. The van der Waals surface area contributed by atoms with Crippen LogP contribution in [0.4, 0.5) is 0 Å². The van der Waals surface area contributed by atoms with Gasteiger partial charge < -0.3 is 15.3 Å². The number of nitrogens with zero attached hydrogens (tertiary/aromatic N) is 1. The highest BCUT2D eigenvalue weighted by molar-refractivity contribution is 7.15. The predicted molar refractivity (Wildman–Crippen MR) is 97.8 cm³/mol. The van der Waals surface area contributed by atoms with Crippen molar-refractivity contribution in [1.82, 2.24) is 10.2 Å². The van der Waals surface area contributed by atoms with E-state index in [0.29, 0.717) is 0 Å². The number of rotatable bonds is 7. The molecule has 3 rings (SSSR count). The Kier molecular flexibility index (Phi) is 6.22. The van der Waals surface area contributed by atoms with Gasteiger partial charge in [0.1, 0.15) is 0 Å². The molecule has 124 valence electrons. The molecule has 2 N–H and O–H groups in total. The van der Waals surface area contributed by atoms with Crippen LogP contribution in [0.3, 0.4) is 0 Å². The normalized spacial score (nSPS) is 16.7. The van der Waals surface area contributed by atoms with E-state index >= 15 is 0 Å². The van der Waals surface area contributed by atoms with E-state index in [1.165, 1.54) is 21.7 Å². The second kappa shape index (κ2) is 8.60. The fourth-order valence-corrected chi connectivity index (χ4v) is 4.00. The molecule has 0 unspecified atom stereocenters. The Hall–Kier alpha value is -1.20. The molecule has 1 aromatic carbocycles. The first kappa shape index (κ1) is 16.7. The first-order valence-corrected chi connectivity index (χ1v) is 9.38. The average molecular weight is 330 g/mol. The molecule has 1 saturated heterocycles. The lowest BCUT2D eigenvalue weighted by Gasteiger charge is -2.29. The standard InChI is InChI=1S/C19H26N2OS/c22-17-9-13-21(14-10-17)12-4-11-20-15-18-7-8-19(23-18)16-5-2-1-3-6-16/h1-3,5-8,17,20,22H,4,9-15H2. The highest BCUT2D eigenvalue weighted by Crippen LogP contribution is 2.27. The van der Waals surface area contributed by atoms with Crippen molar-refractivity contribution in [3.63, 3.8) is 0 Å². The molecular weight excluding hydrogens is 304 g/mol. The van der Waals surface area contributed by atoms with Crippen LogP contribution in [0.15, 0.2) is 42.5 Å². The van der Waals surface area contributed by atoms with E-state index in [0.717, 1.165) is 45.6 Å². The van der Waals surface area contributed by atoms with Crippen molar-refractivity contribution < 1.29 is 5.11 Å². The minimum atomic E-state index is -0.0676. The third kappa shape index (κ3) is 5.15. The quantitative estimate of drug-likeness (QED) is 0.764. The molecule has 1 aromatic heterocycles. The van der Waals surface area contributed by atoms with E-state index in [1.54, 1.807) is 0 Å². The Morgan fingerprint density at radius 1 is 1.09 bits per heavy atom. The van der Waals surface area contributed by atoms with Gasteiger partial charge in [-0.15, -0.1) is 11.3 Å². The third-order valence-corrected chi connectivity index (χ3v) is 5.54. The molecule has 4 heteroatoms. The summed E-state index contributed by atoms with van der Waals surface area (Å²) in [5.74, 6) is 0. The van der Waals surface area contributed by atoms with E-state index in [1.807, 2.05) is 11.3 Å². The van der Waals surface area contributed by atoms with Gasteiger partial charge in [-0.3, -0.25) is 0 Å². The second-order valence-electron chi connectivity index (χ2n) is 6.24. The van der Waals surface area contributed by atoms with Crippen molar-refractivity contribution in [1.29, 1.82) is 0 Å². The van der Waals surface area contributed by atoms with Crippen molar-refractivity contribution in [3.05, 3.63) is 47.3 Å². The number of likely N-dealkylation sites (tertiary alicyclic amines) is 1. The zero-order valence-electron chi connectivity index (χ0n) is 13.6. The zero-order chi connectivity index (χ0) is 15.9. The molecule has 23 heavy (non-hydrogen) atoms. The number of hydrogen-bond acceptors (Lipinski definition) is 4. The lowest BCUT2D eigenvalue weighted by atomic mass is 10.1. The second-order valence-corrected chi connectivity index (χ2v) is 7.40. The van der Waals surface area contributed by atoms with Crippen LogP contribution in [-0.4, -0.2) is 42.3 Å². The van der Waals surface area contributed by atoms with Gasteiger partial charge >= 0.3 is 0 Å². The number of aliphatic hydroxyl groups is 1. The number of aliphatic hydroxyl groups excluding tert-OH is 1. The maximum absolute atomic E-state index is 9.51. The average Bonchev–Trinajstić information content (AvgIpc) is 3.06. The van der Waals surface area contributed by atoms with E-state index in [2.05, 4.69) is 52.7 Å². The van der Waals surface area contributed by atoms with E-state index in [9.17, 15) is 5.11 Å². The topological polar surface area (TPSA) is 35.5 Å². The van der Waals surface area contributed by atoms with Crippen molar-refractivity contribution in [2.45, 2.75) is 31.9 Å². The lowest BCUT2D eigenvalue weighted by Crippen LogP contribution is -2.37. The van der Waals surface area contributed by atoms with Crippen molar-refractivity contribution in [2.75, 3.05) is 26.2 Å². The molecule has 0 atom stereocenters. The molecule has 1 aliphatic heterocycles. The van der Waals surface area contributed by atoms with Crippen LogP contribution in [0, 0.1) is 0 Å². The van der Waals surface area contributed by atoms with Gasteiger partial charge in [-0.05, 0) is 50.0 Å². The van der Waals surface area contributed by atoms with Gasteiger partial charge in [-0.1, -0.05) is 30.3 Å². The highest BCUT2D eigenvalue weighted by Gasteiger charge is 2.15. The van der Waals surface area contributed by atoms with E-state index < -0.39 is 0 Å². The molecule has 2 heterocycles. The number of thiophene rings is 1. The number of benzene rings is 1. The minimum Gasteiger partial charge on any atom is -0.393 e. The molecule has 0 spiro atoms. The molecule has 0 aliphatic carbocycles. The van der Waals surface area contributed by atoms with Crippen molar-refractivity contribution in [2.24, 2.45) is 0 Å². The first-order valence-electron chi connectivity index (χ1n) is 8.56. The summed E-state index contributed by atoms with van der Waals surface area (Å²) < 4.78 is 0. The van der Waals surface area contributed by atoms with Gasteiger partial charge in [0.25, 0.3) is 0 Å². The van der Waals surface area contributed by atoms with Gasteiger partial charge in [0, 0.05) is 29.4 Å². The fourth-order valence-electron chi connectivity index (χ4n) is 3.01. The first-order chi connectivity index (χ1) is 11.3. The van der Waals surface area contributed by atoms with Crippen LogP contribution in [0.1, 0.15) is 24.1 Å². The smallest absolute Gasteiger partial charge is 0.0564 e. The van der Waals surface area contributed by atoms with Crippen LogP contribution < -0.4 is 5.32 Å². The van der Waals surface area contributed by atoms with E-state index in [-0.39, 0.29) is 6.10 Å². The summed E-state index contributed by atoms with van der Waals surface area (Å²) in [6, 6.07) is 15.0. The van der Waals surface area contributed by atoms with Gasteiger partial charge in [-0.25, -0.2) is 0 Å². The highest BCUT2D eigenvalue weighted by atomic mass is 32.1. The summed E-state index contributed by atoms with van der Waals surface area (Å²) >= 11 is 1.87. The maximum Gasteiger partial charge on any atom is 0.0564 e. The summed E-state index contributed by atoms with van der Waals surface area (Å²) in [6.07, 6.45) is 2.98. The predicted octanol–water partition coefficient (Wildman–Crippen LogP) is 3.35. The largest absolute Gasteiger partial charge is 0.393 e. The summed E-state index contributed by atoms with van der Waals surface area (Å²) in [6.45, 7) is 5.24. The van der Waals surface area contributed by atoms with Crippen LogP contribution in [0.25, 0.3) is 10.4 Å². The minimum absolute atomic E-state index is 0.0676. The Morgan fingerprint density at radius 2 is 1.87 bits per heavy atom. The van der Waals surface area contributed by atoms with Crippen LogP contribution in [0.2, 0.25) is 0 Å². The summed E-state index contributed by atoms with van der Waals surface area (Å²) in [7, 11) is 0. The molecule has 0 bridgehead atoms. The third-order valence-electron chi connectivity index (χ3n) is 4.40. The maximum atomic E-state index is 9.51. The van der Waals surface area contributed by atoms with Gasteiger partial charge in [0.15, 0.2) is 0 Å². The Morgan fingerprint density at radius 3 is 2.65 bits per heavy atom. The van der Waals surface area contributed by atoms with E-state index in [4.69, 9.17) is 0 Å². The Balaban J connectivity index is 1.34. The molecule has 0 amide bonds. The number of nitrogens with one attached hydrogen (secondary N) is 1. The van der Waals surface area contributed by atoms with Crippen LogP contribution in [0.5, 0.6) is 0 Å². The molecule has 0 radical (unpaired) electrons. The van der Waals surface area contributed by atoms with Gasteiger partial charge in [-0.2, -0.15) is 0 Å². The number of piperidine rings is 1. The SMILES string of the molecule is OC1CCN(CCCNCc2ccc(-c3ccccc3)s2)CC1.